The van der Waals surface area contributed by atoms with Crippen LogP contribution in [0.15, 0.2) is 18.2 Å². The van der Waals surface area contributed by atoms with Gasteiger partial charge >= 0.3 is 0 Å². The molecular formula is C11H16O2. The van der Waals surface area contributed by atoms with E-state index < -0.39 is 6.10 Å². The highest BCUT2D eigenvalue weighted by Gasteiger charge is 2.06. The summed E-state index contributed by atoms with van der Waals surface area (Å²) in [7, 11) is 0. The fourth-order valence-corrected chi connectivity index (χ4v) is 1.48. The second-order valence-electron chi connectivity index (χ2n) is 3.35. The Morgan fingerprint density at radius 3 is 2.62 bits per heavy atom. The monoisotopic (exact) mass is 180 g/mol. The lowest BCUT2D eigenvalue weighted by Gasteiger charge is -2.11. The van der Waals surface area contributed by atoms with E-state index in [1.165, 1.54) is 0 Å². The summed E-state index contributed by atoms with van der Waals surface area (Å²) in [6.45, 7) is 3.88. The lowest BCUT2D eigenvalue weighted by atomic mass is 9.99. The summed E-state index contributed by atoms with van der Waals surface area (Å²) in [5.74, 6) is 0. The zero-order valence-electron chi connectivity index (χ0n) is 8.12. The minimum absolute atomic E-state index is 0.128. The number of rotatable bonds is 3. The zero-order valence-corrected chi connectivity index (χ0v) is 8.12. The molecule has 0 fully saturated rings. The Morgan fingerprint density at radius 2 is 2.08 bits per heavy atom. The smallest absolute Gasteiger partial charge is 0.0764 e. The molecule has 0 saturated carbocycles. The topological polar surface area (TPSA) is 40.5 Å². The van der Waals surface area contributed by atoms with Crippen LogP contribution in [-0.4, -0.2) is 16.8 Å². The van der Waals surface area contributed by atoms with Crippen LogP contribution in [0.1, 0.15) is 29.7 Å². The van der Waals surface area contributed by atoms with E-state index in [1.807, 2.05) is 25.1 Å². The number of hydrogen-bond donors (Lipinski definition) is 2. The van der Waals surface area contributed by atoms with Crippen molar-refractivity contribution >= 4 is 0 Å². The largest absolute Gasteiger partial charge is 0.396 e. The number of aliphatic hydroxyl groups excluding tert-OH is 2. The molecule has 2 nitrogen and oxygen atoms in total. The van der Waals surface area contributed by atoms with Crippen molar-refractivity contribution in [3.8, 4) is 0 Å². The van der Waals surface area contributed by atoms with Crippen molar-refractivity contribution < 1.29 is 10.2 Å². The van der Waals surface area contributed by atoms with Crippen LogP contribution in [0.3, 0.4) is 0 Å². The molecule has 1 aromatic rings. The minimum Gasteiger partial charge on any atom is -0.396 e. The summed E-state index contributed by atoms with van der Waals surface area (Å²) in [6.07, 6.45) is 0.157. The van der Waals surface area contributed by atoms with Crippen LogP contribution in [0.25, 0.3) is 0 Å². The van der Waals surface area contributed by atoms with Crippen LogP contribution >= 0.6 is 0 Å². The first kappa shape index (κ1) is 10.2. The van der Waals surface area contributed by atoms with E-state index in [0.29, 0.717) is 6.42 Å². The maximum absolute atomic E-state index is 9.44. The number of benzene rings is 1. The third-order valence-corrected chi connectivity index (χ3v) is 2.13. The van der Waals surface area contributed by atoms with Gasteiger partial charge in [-0.15, -0.1) is 0 Å². The minimum atomic E-state index is -0.456. The van der Waals surface area contributed by atoms with Crippen LogP contribution in [0, 0.1) is 6.92 Å². The normalized spacial score (nSPS) is 12.9. The Bertz CT molecular complexity index is 279. The van der Waals surface area contributed by atoms with Gasteiger partial charge in [-0.3, -0.25) is 0 Å². The van der Waals surface area contributed by atoms with E-state index in [4.69, 9.17) is 5.11 Å². The average Bonchev–Trinajstić information content (AvgIpc) is 2.04. The summed E-state index contributed by atoms with van der Waals surface area (Å²) in [5, 5.41) is 18.3. The molecule has 2 N–H and O–H groups in total. The Kier molecular flexibility index (Phi) is 3.46. The predicted molar refractivity (Wildman–Crippen MR) is 52.6 cm³/mol. The predicted octanol–water partition coefficient (Wildman–Crippen LogP) is 1.58. The summed E-state index contributed by atoms with van der Waals surface area (Å²) < 4.78 is 0. The van der Waals surface area contributed by atoms with Crippen molar-refractivity contribution in [2.45, 2.75) is 26.4 Å². The third-order valence-electron chi connectivity index (χ3n) is 2.13. The fraction of sp³-hybridized carbons (Fsp3) is 0.455. The van der Waals surface area contributed by atoms with Gasteiger partial charge in [-0.2, -0.15) is 0 Å². The SMILES string of the molecule is Cc1ccc([C@@H](C)O)c(CCO)c1. The summed E-state index contributed by atoms with van der Waals surface area (Å²) in [4.78, 5) is 0. The summed E-state index contributed by atoms with van der Waals surface area (Å²) >= 11 is 0. The van der Waals surface area contributed by atoms with Crippen molar-refractivity contribution in [2.24, 2.45) is 0 Å². The van der Waals surface area contributed by atoms with Gasteiger partial charge in [0, 0.05) is 6.61 Å². The molecule has 0 radical (unpaired) electrons. The maximum Gasteiger partial charge on any atom is 0.0764 e. The molecule has 1 rings (SSSR count). The van der Waals surface area contributed by atoms with Gasteiger partial charge in [0.1, 0.15) is 0 Å². The summed E-state index contributed by atoms with van der Waals surface area (Å²) in [6, 6.07) is 5.91. The van der Waals surface area contributed by atoms with E-state index >= 15 is 0 Å². The fourth-order valence-electron chi connectivity index (χ4n) is 1.48. The molecule has 0 saturated heterocycles. The van der Waals surface area contributed by atoms with Crippen molar-refractivity contribution in [1.29, 1.82) is 0 Å². The van der Waals surface area contributed by atoms with Crippen LogP contribution in [-0.2, 0) is 6.42 Å². The van der Waals surface area contributed by atoms with Gasteiger partial charge in [0.05, 0.1) is 6.10 Å². The van der Waals surface area contributed by atoms with Gasteiger partial charge in [-0.05, 0) is 31.4 Å². The average molecular weight is 180 g/mol. The van der Waals surface area contributed by atoms with Crippen LogP contribution < -0.4 is 0 Å². The lowest BCUT2D eigenvalue weighted by molar-refractivity contribution is 0.197. The van der Waals surface area contributed by atoms with Crippen molar-refractivity contribution in [3.05, 3.63) is 34.9 Å². The Hall–Kier alpha value is -0.860. The molecule has 0 bridgehead atoms. The molecule has 13 heavy (non-hydrogen) atoms. The number of hydrogen-bond acceptors (Lipinski definition) is 2. The summed E-state index contributed by atoms with van der Waals surface area (Å²) in [5.41, 5.74) is 3.12. The second-order valence-corrected chi connectivity index (χ2v) is 3.35. The van der Waals surface area contributed by atoms with Gasteiger partial charge in [-0.25, -0.2) is 0 Å². The van der Waals surface area contributed by atoms with E-state index in [-0.39, 0.29) is 6.61 Å². The molecular weight excluding hydrogens is 164 g/mol. The van der Waals surface area contributed by atoms with Crippen LogP contribution in [0.4, 0.5) is 0 Å². The molecule has 0 heterocycles. The molecule has 0 aromatic heterocycles. The van der Waals surface area contributed by atoms with Gasteiger partial charge in [0.15, 0.2) is 0 Å². The quantitative estimate of drug-likeness (QED) is 0.741. The molecule has 1 atom stereocenters. The Balaban J connectivity index is 3.03. The van der Waals surface area contributed by atoms with Crippen LogP contribution in [0.5, 0.6) is 0 Å². The molecule has 1 aromatic carbocycles. The zero-order chi connectivity index (χ0) is 9.84. The van der Waals surface area contributed by atoms with Crippen LogP contribution in [0.2, 0.25) is 0 Å². The molecule has 0 spiro atoms. The van der Waals surface area contributed by atoms with E-state index in [2.05, 4.69) is 0 Å². The molecule has 0 aliphatic heterocycles. The molecule has 0 unspecified atom stereocenters. The van der Waals surface area contributed by atoms with E-state index in [1.54, 1.807) is 6.92 Å². The van der Waals surface area contributed by atoms with E-state index in [9.17, 15) is 5.11 Å². The molecule has 2 heteroatoms. The lowest BCUT2D eigenvalue weighted by Crippen LogP contribution is -2.01. The highest BCUT2D eigenvalue weighted by atomic mass is 16.3. The van der Waals surface area contributed by atoms with Crippen molar-refractivity contribution in [3.63, 3.8) is 0 Å². The van der Waals surface area contributed by atoms with Crippen molar-refractivity contribution in [1.82, 2.24) is 0 Å². The first-order valence-electron chi connectivity index (χ1n) is 4.53. The van der Waals surface area contributed by atoms with Gasteiger partial charge in [0.25, 0.3) is 0 Å². The number of aliphatic hydroxyl groups is 2. The number of aryl methyl sites for hydroxylation is 1. The first-order chi connectivity index (χ1) is 6.15. The highest BCUT2D eigenvalue weighted by Crippen LogP contribution is 2.19. The highest BCUT2D eigenvalue weighted by molar-refractivity contribution is 5.33. The molecule has 72 valence electrons. The standard InChI is InChI=1S/C11H16O2/c1-8-3-4-11(9(2)13)10(7-8)5-6-12/h3-4,7,9,12-13H,5-6H2,1-2H3/t9-/m1/s1. The van der Waals surface area contributed by atoms with Crippen molar-refractivity contribution in [2.75, 3.05) is 6.61 Å². The Morgan fingerprint density at radius 1 is 1.38 bits per heavy atom. The first-order valence-corrected chi connectivity index (χ1v) is 4.53. The molecule has 0 aliphatic rings. The van der Waals surface area contributed by atoms with Gasteiger partial charge < -0.3 is 10.2 Å². The third kappa shape index (κ3) is 2.54. The maximum atomic E-state index is 9.44. The molecule has 0 aliphatic carbocycles. The van der Waals surface area contributed by atoms with E-state index in [0.717, 1.165) is 16.7 Å². The second kappa shape index (κ2) is 4.40. The molecule has 0 amide bonds. The van der Waals surface area contributed by atoms with Gasteiger partial charge in [0.2, 0.25) is 0 Å². The Labute approximate surface area is 78.8 Å². The van der Waals surface area contributed by atoms with Gasteiger partial charge in [-0.1, -0.05) is 23.8 Å².